The highest BCUT2D eigenvalue weighted by molar-refractivity contribution is 5.18. The molecule has 15 heavy (non-hydrogen) atoms. The van der Waals surface area contributed by atoms with Crippen molar-refractivity contribution in [2.45, 2.75) is 27.1 Å². The number of phenolic OH excluding ortho intramolecular Hbond substituents is 1. The van der Waals surface area contributed by atoms with Crippen LogP contribution in [0.1, 0.15) is 20.8 Å². The molecule has 0 spiro atoms. The molecule has 1 rings (SSSR count). The minimum Gasteiger partial charge on any atom is -0.508 e. The van der Waals surface area contributed by atoms with Crippen molar-refractivity contribution in [1.29, 1.82) is 0 Å². The highest BCUT2D eigenvalue weighted by atomic mass is 16.7. The second kappa shape index (κ2) is 9.49. The molecular formula is C12H20O3. The monoisotopic (exact) mass is 212 g/mol. The van der Waals surface area contributed by atoms with Gasteiger partial charge in [-0.15, -0.1) is 0 Å². The molecule has 0 unspecified atom stereocenters. The van der Waals surface area contributed by atoms with E-state index >= 15 is 0 Å². The van der Waals surface area contributed by atoms with E-state index in [1.807, 2.05) is 26.8 Å². The number of hydrogen-bond acceptors (Lipinski definition) is 3. The maximum absolute atomic E-state index is 8.63. The summed E-state index contributed by atoms with van der Waals surface area (Å²) in [5.41, 5.74) is 0. The van der Waals surface area contributed by atoms with Crippen LogP contribution in [-0.4, -0.2) is 24.6 Å². The van der Waals surface area contributed by atoms with E-state index in [0.717, 1.165) is 13.2 Å². The zero-order chi connectivity index (χ0) is 11.5. The van der Waals surface area contributed by atoms with Crippen molar-refractivity contribution < 1.29 is 14.6 Å². The third-order valence-electron chi connectivity index (χ3n) is 1.56. The highest BCUT2D eigenvalue weighted by Gasteiger charge is 1.94. The number of aromatic hydroxyl groups is 1. The van der Waals surface area contributed by atoms with Gasteiger partial charge in [-0.05, 0) is 32.9 Å². The first-order valence-electron chi connectivity index (χ1n) is 5.17. The van der Waals surface area contributed by atoms with Gasteiger partial charge < -0.3 is 14.6 Å². The van der Waals surface area contributed by atoms with Crippen molar-refractivity contribution in [3.63, 3.8) is 0 Å². The van der Waals surface area contributed by atoms with Crippen molar-refractivity contribution in [1.82, 2.24) is 0 Å². The predicted molar refractivity (Wildman–Crippen MR) is 60.8 cm³/mol. The molecule has 0 aromatic heterocycles. The van der Waals surface area contributed by atoms with E-state index in [1.54, 1.807) is 24.3 Å². The summed E-state index contributed by atoms with van der Waals surface area (Å²) in [6.45, 7) is 7.25. The molecular weight excluding hydrogens is 192 g/mol. The fourth-order valence-electron chi connectivity index (χ4n) is 0.946. The van der Waals surface area contributed by atoms with Crippen molar-refractivity contribution in [3.8, 4) is 5.75 Å². The first kappa shape index (κ1) is 13.9. The summed E-state index contributed by atoms with van der Waals surface area (Å²) in [4.78, 5) is 0. The molecule has 0 atom stereocenters. The second-order valence-electron chi connectivity index (χ2n) is 2.81. The van der Waals surface area contributed by atoms with Gasteiger partial charge in [-0.25, -0.2) is 0 Å². The quantitative estimate of drug-likeness (QED) is 0.780. The number of ether oxygens (including phenoxy) is 2. The van der Waals surface area contributed by atoms with Crippen LogP contribution < -0.4 is 0 Å². The third-order valence-corrected chi connectivity index (χ3v) is 1.56. The Morgan fingerprint density at radius 1 is 1.07 bits per heavy atom. The van der Waals surface area contributed by atoms with Gasteiger partial charge in [-0.2, -0.15) is 0 Å². The summed E-state index contributed by atoms with van der Waals surface area (Å²) in [7, 11) is 0. The van der Waals surface area contributed by atoms with Gasteiger partial charge in [-0.3, -0.25) is 0 Å². The molecule has 3 nitrogen and oxygen atoms in total. The summed E-state index contributed by atoms with van der Waals surface area (Å²) >= 11 is 0. The van der Waals surface area contributed by atoms with E-state index in [-0.39, 0.29) is 6.29 Å². The first-order chi connectivity index (χ1) is 7.20. The molecule has 1 aromatic rings. The van der Waals surface area contributed by atoms with Crippen LogP contribution >= 0.6 is 0 Å². The van der Waals surface area contributed by atoms with Gasteiger partial charge in [-0.1, -0.05) is 18.2 Å². The Balaban J connectivity index is 0.000000262. The molecule has 0 aliphatic heterocycles. The van der Waals surface area contributed by atoms with E-state index < -0.39 is 0 Å². The summed E-state index contributed by atoms with van der Waals surface area (Å²) < 4.78 is 10.1. The molecule has 1 aromatic carbocycles. The van der Waals surface area contributed by atoms with Crippen LogP contribution in [0, 0.1) is 0 Å². The molecule has 1 N–H and O–H groups in total. The summed E-state index contributed by atoms with van der Waals surface area (Å²) in [5.74, 6) is 0.322. The lowest BCUT2D eigenvalue weighted by Gasteiger charge is -2.09. The Morgan fingerprint density at radius 2 is 1.53 bits per heavy atom. The zero-order valence-electron chi connectivity index (χ0n) is 9.64. The van der Waals surface area contributed by atoms with Crippen LogP contribution in [-0.2, 0) is 9.47 Å². The van der Waals surface area contributed by atoms with Gasteiger partial charge in [0.25, 0.3) is 0 Å². The summed E-state index contributed by atoms with van der Waals surface area (Å²) in [6, 6.07) is 8.71. The second-order valence-corrected chi connectivity index (χ2v) is 2.81. The van der Waals surface area contributed by atoms with Gasteiger partial charge in [0.15, 0.2) is 6.29 Å². The number of rotatable bonds is 4. The lowest BCUT2D eigenvalue weighted by molar-refractivity contribution is -0.123. The number of hydrogen-bond donors (Lipinski definition) is 1. The van der Waals surface area contributed by atoms with E-state index in [4.69, 9.17) is 14.6 Å². The van der Waals surface area contributed by atoms with Gasteiger partial charge in [0.2, 0.25) is 0 Å². The van der Waals surface area contributed by atoms with Crippen LogP contribution in [0.15, 0.2) is 30.3 Å². The standard InChI is InChI=1S/C6H14O2.C6H6O/c1-4-7-6(3)8-5-2;7-6-4-2-1-3-5-6/h6H,4-5H2,1-3H3;1-5,7H. The molecule has 0 fully saturated rings. The lowest BCUT2D eigenvalue weighted by atomic mass is 10.3. The van der Waals surface area contributed by atoms with Gasteiger partial charge >= 0.3 is 0 Å². The first-order valence-corrected chi connectivity index (χ1v) is 5.17. The average molecular weight is 212 g/mol. The van der Waals surface area contributed by atoms with Gasteiger partial charge in [0.05, 0.1) is 0 Å². The Kier molecular flexibility index (Phi) is 8.82. The SMILES string of the molecule is CCOC(C)OCC.Oc1ccccc1. The largest absolute Gasteiger partial charge is 0.508 e. The van der Waals surface area contributed by atoms with Gasteiger partial charge in [0, 0.05) is 13.2 Å². The molecule has 0 saturated carbocycles. The maximum atomic E-state index is 8.63. The van der Waals surface area contributed by atoms with Crippen molar-refractivity contribution in [3.05, 3.63) is 30.3 Å². The summed E-state index contributed by atoms with van der Waals surface area (Å²) in [5, 5.41) is 8.63. The van der Waals surface area contributed by atoms with Gasteiger partial charge in [0.1, 0.15) is 5.75 Å². The molecule has 3 heteroatoms. The third kappa shape index (κ3) is 9.25. The normalized spacial score (nSPS) is 9.60. The molecule has 86 valence electrons. The van der Waals surface area contributed by atoms with Crippen LogP contribution in [0.2, 0.25) is 0 Å². The molecule has 0 aliphatic carbocycles. The molecule has 0 saturated heterocycles. The summed E-state index contributed by atoms with van der Waals surface area (Å²) in [6.07, 6.45) is -0.0370. The Labute approximate surface area is 91.6 Å². The average Bonchev–Trinajstić information content (AvgIpc) is 2.20. The number of phenols is 1. The Hall–Kier alpha value is -1.06. The van der Waals surface area contributed by atoms with E-state index in [1.165, 1.54) is 0 Å². The minimum absolute atomic E-state index is 0.0370. The number of benzene rings is 1. The molecule has 0 heterocycles. The van der Waals surface area contributed by atoms with Crippen LogP contribution in [0.4, 0.5) is 0 Å². The van der Waals surface area contributed by atoms with E-state index in [0.29, 0.717) is 5.75 Å². The molecule has 0 radical (unpaired) electrons. The Bertz CT molecular complexity index is 218. The molecule has 0 bridgehead atoms. The maximum Gasteiger partial charge on any atom is 0.154 e. The van der Waals surface area contributed by atoms with Crippen molar-refractivity contribution in [2.75, 3.05) is 13.2 Å². The molecule has 0 aliphatic rings. The van der Waals surface area contributed by atoms with E-state index in [9.17, 15) is 0 Å². The zero-order valence-corrected chi connectivity index (χ0v) is 9.64. The van der Waals surface area contributed by atoms with Crippen LogP contribution in [0.25, 0.3) is 0 Å². The fraction of sp³-hybridized carbons (Fsp3) is 0.500. The smallest absolute Gasteiger partial charge is 0.154 e. The fourth-order valence-corrected chi connectivity index (χ4v) is 0.946. The number of para-hydroxylation sites is 1. The van der Waals surface area contributed by atoms with Crippen molar-refractivity contribution >= 4 is 0 Å². The van der Waals surface area contributed by atoms with Crippen LogP contribution in [0.5, 0.6) is 5.75 Å². The Morgan fingerprint density at radius 3 is 1.80 bits per heavy atom. The lowest BCUT2D eigenvalue weighted by Crippen LogP contribution is -2.11. The van der Waals surface area contributed by atoms with Crippen molar-refractivity contribution in [2.24, 2.45) is 0 Å². The minimum atomic E-state index is -0.0370. The highest BCUT2D eigenvalue weighted by Crippen LogP contribution is 2.02. The topological polar surface area (TPSA) is 38.7 Å². The van der Waals surface area contributed by atoms with E-state index in [2.05, 4.69) is 0 Å². The molecule has 0 amide bonds. The van der Waals surface area contributed by atoms with Crippen LogP contribution in [0.3, 0.4) is 0 Å². The predicted octanol–water partition coefficient (Wildman–Crippen LogP) is 2.80.